The van der Waals surface area contributed by atoms with Gasteiger partial charge in [-0.25, -0.2) is 0 Å². The molecule has 0 aliphatic carbocycles. The fourth-order valence-electron chi connectivity index (χ4n) is 7.70. The SMILES string of the molecule is CCCCCCCC/C=C\C/C=C\CC(O)C(=O)NC(CO)C(O)C(O)CCC/C=C/CC/C=C/CCCCCCCCCCCCCCCCCCCCCCCC. The average Bonchev–Trinajstić information content (AvgIpc) is 3.24. The molecular formula is C53H99NO5. The Hall–Kier alpha value is -1.73. The van der Waals surface area contributed by atoms with Crippen molar-refractivity contribution in [2.75, 3.05) is 6.61 Å². The van der Waals surface area contributed by atoms with Gasteiger partial charge in [-0.1, -0.05) is 229 Å². The molecule has 0 bridgehead atoms. The molecule has 0 aromatic heterocycles. The van der Waals surface area contributed by atoms with E-state index in [-0.39, 0.29) is 6.42 Å². The lowest BCUT2D eigenvalue weighted by Crippen LogP contribution is -2.52. The Balaban J connectivity index is 3.69. The summed E-state index contributed by atoms with van der Waals surface area (Å²) in [5.74, 6) is -0.665. The third-order valence-electron chi connectivity index (χ3n) is 11.8. The molecule has 0 aromatic carbocycles. The van der Waals surface area contributed by atoms with Crippen LogP contribution in [0.5, 0.6) is 0 Å². The molecule has 0 heterocycles. The van der Waals surface area contributed by atoms with E-state index in [4.69, 9.17) is 0 Å². The number of rotatable bonds is 46. The quantitative estimate of drug-likeness (QED) is 0.0310. The van der Waals surface area contributed by atoms with Gasteiger partial charge in [-0.2, -0.15) is 0 Å². The van der Waals surface area contributed by atoms with Crippen LogP contribution in [-0.2, 0) is 4.79 Å². The topological polar surface area (TPSA) is 110 Å². The first kappa shape index (κ1) is 57.3. The maximum Gasteiger partial charge on any atom is 0.249 e. The van der Waals surface area contributed by atoms with Crippen molar-refractivity contribution in [2.24, 2.45) is 0 Å². The van der Waals surface area contributed by atoms with Gasteiger partial charge in [0.1, 0.15) is 12.2 Å². The van der Waals surface area contributed by atoms with Crippen LogP contribution in [-0.4, -0.2) is 57.3 Å². The predicted molar refractivity (Wildman–Crippen MR) is 256 cm³/mol. The van der Waals surface area contributed by atoms with Gasteiger partial charge in [0, 0.05) is 6.42 Å². The van der Waals surface area contributed by atoms with E-state index in [0.717, 1.165) is 32.1 Å². The van der Waals surface area contributed by atoms with Gasteiger partial charge in [0.05, 0.1) is 18.8 Å². The average molecular weight is 830 g/mol. The van der Waals surface area contributed by atoms with Crippen molar-refractivity contribution >= 4 is 5.91 Å². The maximum atomic E-state index is 12.4. The molecular weight excluding hydrogens is 731 g/mol. The number of carbonyl (C=O) groups is 1. The van der Waals surface area contributed by atoms with Crippen LogP contribution >= 0.6 is 0 Å². The van der Waals surface area contributed by atoms with E-state index in [1.54, 1.807) is 6.08 Å². The van der Waals surface area contributed by atoms with Crippen LogP contribution < -0.4 is 5.32 Å². The number of hydrogen-bond donors (Lipinski definition) is 5. The summed E-state index contributed by atoms with van der Waals surface area (Å²) in [4.78, 5) is 12.4. The molecule has 6 heteroatoms. The van der Waals surface area contributed by atoms with Gasteiger partial charge in [0.15, 0.2) is 0 Å². The molecule has 0 saturated carbocycles. The molecule has 0 aliphatic rings. The van der Waals surface area contributed by atoms with Crippen LogP contribution in [0.4, 0.5) is 0 Å². The first-order valence-corrected chi connectivity index (χ1v) is 25.5. The molecule has 0 spiro atoms. The molecule has 0 saturated heterocycles. The van der Waals surface area contributed by atoms with Crippen LogP contribution in [0.2, 0.25) is 0 Å². The summed E-state index contributed by atoms with van der Waals surface area (Å²) in [6, 6.07) is -1.04. The lowest BCUT2D eigenvalue weighted by Gasteiger charge is -2.27. The third kappa shape index (κ3) is 41.4. The van der Waals surface area contributed by atoms with Gasteiger partial charge in [-0.05, 0) is 64.2 Å². The second-order valence-electron chi connectivity index (χ2n) is 17.5. The van der Waals surface area contributed by atoms with Gasteiger partial charge in [-0.3, -0.25) is 4.79 Å². The monoisotopic (exact) mass is 830 g/mol. The van der Waals surface area contributed by atoms with Crippen molar-refractivity contribution in [3.63, 3.8) is 0 Å². The Labute approximate surface area is 366 Å². The number of hydrogen-bond acceptors (Lipinski definition) is 5. The Kier molecular flexibility index (Phi) is 45.9. The number of carbonyl (C=O) groups excluding carboxylic acids is 1. The molecule has 0 fully saturated rings. The van der Waals surface area contributed by atoms with E-state index in [1.165, 1.54) is 186 Å². The van der Waals surface area contributed by atoms with Crippen molar-refractivity contribution in [3.8, 4) is 0 Å². The molecule has 346 valence electrons. The van der Waals surface area contributed by atoms with Gasteiger partial charge >= 0.3 is 0 Å². The molecule has 4 atom stereocenters. The first-order valence-electron chi connectivity index (χ1n) is 25.5. The van der Waals surface area contributed by atoms with E-state index in [2.05, 4.69) is 55.6 Å². The number of amides is 1. The lowest BCUT2D eigenvalue weighted by molar-refractivity contribution is -0.132. The highest BCUT2D eigenvalue weighted by atomic mass is 16.3. The second kappa shape index (κ2) is 47.3. The highest BCUT2D eigenvalue weighted by Crippen LogP contribution is 2.16. The van der Waals surface area contributed by atoms with E-state index >= 15 is 0 Å². The molecule has 0 aliphatic heterocycles. The maximum absolute atomic E-state index is 12.4. The van der Waals surface area contributed by atoms with E-state index in [9.17, 15) is 25.2 Å². The normalized spacial score (nSPS) is 14.3. The Morgan fingerprint density at radius 2 is 0.780 bits per heavy atom. The van der Waals surface area contributed by atoms with Crippen molar-refractivity contribution < 1.29 is 25.2 Å². The zero-order chi connectivity index (χ0) is 43.1. The summed E-state index contributed by atoms with van der Waals surface area (Å²) in [6.07, 6.45) is 59.2. The van der Waals surface area contributed by atoms with Crippen LogP contribution in [0.3, 0.4) is 0 Å². The van der Waals surface area contributed by atoms with Gasteiger partial charge in [-0.15, -0.1) is 0 Å². The zero-order valence-corrected chi connectivity index (χ0v) is 39.0. The molecule has 4 unspecified atom stereocenters. The summed E-state index contributed by atoms with van der Waals surface area (Å²) in [7, 11) is 0. The fraction of sp³-hybridized carbons (Fsp3) is 0.830. The standard InChI is InChI=1S/C53H99NO5/c1-3-5-7-9-11-13-15-17-18-19-20-21-22-23-24-25-26-27-28-29-30-31-32-33-34-35-37-38-40-42-44-46-50(56)52(58)49(48-55)54-53(59)51(57)47-45-43-41-39-36-16-14-12-10-8-6-4-2/h33-34,36,38-40,43,45,49-52,55-58H,3-32,35,37,41-42,44,46-48H2,1-2H3,(H,54,59)/b34-33+,39-36-,40-38+,45-43-. The molecule has 0 radical (unpaired) electrons. The molecule has 59 heavy (non-hydrogen) atoms. The summed E-state index contributed by atoms with van der Waals surface area (Å²) < 4.78 is 0. The van der Waals surface area contributed by atoms with E-state index < -0.39 is 36.9 Å². The van der Waals surface area contributed by atoms with Crippen LogP contribution in [0.15, 0.2) is 48.6 Å². The predicted octanol–water partition coefficient (Wildman–Crippen LogP) is 14.2. The summed E-state index contributed by atoms with van der Waals surface area (Å²) in [5.41, 5.74) is 0. The Bertz CT molecular complexity index is 977. The van der Waals surface area contributed by atoms with Crippen LogP contribution in [0, 0.1) is 0 Å². The Morgan fingerprint density at radius 1 is 0.441 bits per heavy atom. The highest BCUT2D eigenvalue weighted by Gasteiger charge is 2.28. The number of unbranched alkanes of at least 4 members (excludes halogenated alkanes) is 30. The zero-order valence-electron chi connectivity index (χ0n) is 39.0. The number of allylic oxidation sites excluding steroid dienone is 7. The Morgan fingerprint density at radius 3 is 1.19 bits per heavy atom. The smallest absolute Gasteiger partial charge is 0.249 e. The first-order chi connectivity index (χ1) is 29.0. The van der Waals surface area contributed by atoms with Crippen LogP contribution in [0.1, 0.15) is 251 Å². The van der Waals surface area contributed by atoms with E-state index in [1.807, 2.05) is 6.08 Å². The van der Waals surface area contributed by atoms with Crippen molar-refractivity contribution in [1.82, 2.24) is 5.32 Å². The summed E-state index contributed by atoms with van der Waals surface area (Å²) in [5, 5.41) is 43.5. The number of nitrogens with one attached hydrogen (secondary N) is 1. The van der Waals surface area contributed by atoms with Gasteiger partial charge < -0.3 is 25.7 Å². The lowest BCUT2D eigenvalue weighted by atomic mass is 10.0. The number of aliphatic hydroxyl groups is 4. The molecule has 0 rings (SSSR count). The molecule has 1 amide bonds. The van der Waals surface area contributed by atoms with Crippen molar-refractivity contribution in [1.29, 1.82) is 0 Å². The molecule has 5 N–H and O–H groups in total. The van der Waals surface area contributed by atoms with Gasteiger partial charge in [0.2, 0.25) is 5.91 Å². The fourth-order valence-corrected chi connectivity index (χ4v) is 7.70. The summed E-state index contributed by atoms with van der Waals surface area (Å²) >= 11 is 0. The minimum atomic E-state index is -1.31. The second-order valence-corrected chi connectivity index (χ2v) is 17.5. The third-order valence-corrected chi connectivity index (χ3v) is 11.8. The van der Waals surface area contributed by atoms with Gasteiger partial charge in [0.25, 0.3) is 0 Å². The van der Waals surface area contributed by atoms with Crippen molar-refractivity contribution in [2.45, 2.75) is 276 Å². The van der Waals surface area contributed by atoms with Crippen molar-refractivity contribution in [3.05, 3.63) is 48.6 Å². The minimum absolute atomic E-state index is 0.149. The molecule has 6 nitrogen and oxygen atoms in total. The summed E-state index contributed by atoms with van der Waals surface area (Å²) in [6.45, 7) is 4.00. The number of aliphatic hydroxyl groups excluding tert-OH is 4. The molecule has 0 aromatic rings. The van der Waals surface area contributed by atoms with E-state index in [0.29, 0.717) is 12.8 Å². The largest absolute Gasteiger partial charge is 0.394 e. The minimum Gasteiger partial charge on any atom is -0.394 e. The van der Waals surface area contributed by atoms with Crippen LogP contribution in [0.25, 0.3) is 0 Å². The highest BCUT2D eigenvalue weighted by molar-refractivity contribution is 5.81.